The molecule has 0 amide bonds. The van der Waals surface area contributed by atoms with E-state index in [1.165, 1.54) is 50.1 Å². The largest absolute Gasteiger partial charge is 0.355 e. The molecular formula is C50H59N3. The second kappa shape index (κ2) is 20.5. The highest BCUT2D eigenvalue weighted by atomic mass is 15.0. The summed E-state index contributed by atoms with van der Waals surface area (Å²) in [7, 11) is 0. The van der Waals surface area contributed by atoms with Gasteiger partial charge in [-0.25, -0.2) is 0 Å². The summed E-state index contributed by atoms with van der Waals surface area (Å²) in [6.45, 7) is 25.4. The molecule has 4 aromatic rings. The van der Waals surface area contributed by atoms with Crippen molar-refractivity contribution in [2.24, 2.45) is 11.7 Å². The van der Waals surface area contributed by atoms with E-state index >= 15 is 0 Å². The Hall–Kier alpha value is -5.48. The molecule has 0 saturated heterocycles. The quantitative estimate of drug-likeness (QED) is 0.0783. The van der Waals surface area contributed by atoms with E-state index in [9.17, 15) is 0 Å². The minimum Gasteiger partial charge on any atom is -0.355 e. The Bertz CT molecular complexity index is 2030. The molecule has 1 aliphatic rings. The van der Waals surface area contributed by atoms with Crippen LogP contribution in [0.2, 0.25) is 0 Å². The van der Waals surface area contributed by atoms with Gasteiger partial charge in [0.15, 0.2) is 0 Å². The van der Waals surface area contributed by atoms with Crippen molar-refractivity contribution in [1.29, 1.82) is 0 Å². The molecule has 0 heterocycles. The first-order valence-corrected chi connectivity index (χ1v) is 18.6. The van der Waals surface area contributed by atoms with Crippen molar-refractivity contribution in [3.8, 4) is 11.1 Å². The molecule has 274 valence electrons. The Morgan fingerprint density at radius 1 is 0.717 bits per heavy atom. The van der Waals surface area contributed by atoms with Gasteiger partial charge >= 0.3 is 0 Å². The topological polar surface area (TPSA) is 64.1 Å². The van der Waals surface area contributed by atoms with Crippen LogP contribution in [-0.2, 0) is 5.41 Å². The molecule has 0 spiro atoms. The summed E-state index contributed by atoms with van der Waals surface area (Å²) in [5.41, 5.74) is 15.3. The summed E-state index contributed by atoms with van der Waals surface area (Å²) in [6.07, 6.45) is 22.9. The molecular weight excluding hydrogens is 643 g/mol. The smallest absolute Gasteiger partial charge is 0.0470 e. The fourth-order valence-corrected chi connectivity index (χ4v) is 7.00. The van der Waals surface area contributed by atoms with E-state index in [0.717, 1.165) is 22.5 Å². The molecule has 3 heteroatoms. The molecule has 0 aliphatic heterocycles. The lowest BCUT2D eigenvalue weighted by Crippen LogP contribution is -2.15. The number of fused-ring (bicyclic) bond motifs is 3. The standard InChI is InChI=1S/C48H49N.C2H6.H4N2/c1-9-14-15-22-34(6)42-32-45-43(41-25-16-17-26-44(41)48(45,7)8)33-46(42)49-40-24-18-23-39(31-40)47(37(20-11-3)21-12-4)38-29-27-36(28-30-38)35(13-5)19-10-2;2*1-2/h9-33,47,49H,3,6H2,1-2,4-5,7-8H3;1-2H3;1-2H2/b14-9-,19-10-,21-12-,22-15-,35-13+,37-20+;;. The fourth-order valence-electron chi connectivity index (χ4n) is 7.00. The van der Waals surface area contributed by atoms with Gasteiger partial charge in [-0.1, -0.05) is 168 Å². The van der Waals surface area contributed by atoms with Crippen molar-refractivity contribution in [3.63, 3.8) is 0 Å². The first-order valence-electron chi connectivity index (χ1n) is 18.6. The van der Waals surface area contributed by atoms with Crippen molar-refractivity contribution in [2.75, 3.05) is 5.32 Å². The van der Waals surface area contributed by atoms with Crippen LogP contribution in [0.3, 0.4) is 0 Å². The van der Waals surface area contributed by atoms with Crippen LogP contribution in [0.25, 0.3) is 22.3 Å². The van der Waals surface area contributed by atoms with Crippen molar-refractivity contribution < 1.29 is 0 Å². The van der Waals surface area contributed by atoms with Gasteiger partial charge in [0.1, 0.15) is 0 Å². The normalized spacial score (nSPS) is 14.0. The molecule has 0 fully saturated rings. The maximum Gasteiger partial charge on any atom is 0.0470 e. The lowest BCUT2D eigenvalue weighted by Gasteiger charge is -2.24. The number of anilines is 2. The lowest BCUT2D eigenvalue weighted by molar-refractivity contribution is 0.660. The Morgan fingerprint density at radius 3 is 2.06 bits per heavy atom. The van der Waals surface area contributed by atoms with Crippen molar-refractivity contribution in [1.82, 2.24) is 0 Å². The minimum atomic E-state index is -0.101. The number of hydrogen-bond acceptors (Lipinski definition) is 3. The summed E-state index contributed by atoms with van der Waals surface area (Å²) in [4.78, 5) is 0. The van der Waals surface area contributed by atoms with Gasteiger partial charge in [-0.15, -0.1) is 0 Å². The van der Waals surface area contributed by atoms with Crippen LogP contribution in [0.1, 0.15) is 94.7 Å². The van der Waals surface area contributed by atoms with E-state index < -0.39 is 0 Å². The zero-order valence-electron chi connectivity index (χ0n) is 33.1. The van der Waals surface area contributed by atoms with Crippen LogP contribution in [0.15, 0.2) is 170 Å². The fraction of sp³-hybridized carbons (Fsp3) is 0.200. The predicted molar refractivity (Wildman–Crippen MR) is 236 cm³/mol. The first kappa shape index (κ1) is 41.9. The van der Waals surface area contributed by atoms with Gasteiger partial charge in [-0.05, 0) is 108 Å². The van der Waals surface area contributed by atoms with Crippen LogP contribution >= 0.6 is 0 Å². The van der Waals surface area contributed by atoms with Gasteiger partial charge in [-0.3, -0.25) is 11.7 Å². The third-order valence-corrected chi connectivity index (χ3v) is 9.40. The van der Waals surface area contributed by atoms with Gasteiger partial charge in [0.25, 0.3) is 0 Å². The number of rotatable bonds is 12. The molecule has 1 unspecified atom stereocenters. The van der Waals surface area contributed by atoms with Crippen LogP contribution in [0.5, 0.6) is 0 Å². The molecule has 4 aromatic carbocycles. The average Bonchev–Trinajstić information content (AvgIpc) is 3.41. The third kappa shape index (κ3) is 9.70. The van der Waals surface area contributed by atoms with Gasteiger partial charge < -0.3 is 5.32 Å². The van der Waals surface area contributed by atoms with Crippen LogP contribution in [0, 0.1) is 0 Å². The number of allylic oxidation sites excluding steroid dienone is 14. The van der Waals surface area contributed by atoms with E-state index in [-0.39, 0.29) is 11.3 Å². The maximum atomic E-state index is 4.51. The number of nitrogens with one attached hydrogen (secondary N) is 1. The highest BCUT2D eigenvalue weighted by Crippen LogP contribution is 2.51. The highest BCUT2D eigenvalue weighted by molar-refractivity contribution is 5.91. The lowest BCUT2D eigenvalue weighted by atomic mass is 9.81. The summed E-state index contributed by atoms with van der Waals surface area (Å²) < 4.78 is 0. The average molecular weight is 702 g/mol. The Kier molecular flexibility index (Phi) is 16.2. The van der Waals surface area contributed by atoms with E-state index in [0.29, 0.717) is 0 Å². The summed E-state index contributed by atoms with van der Waals surface area (Å²) in [5, 5.41) is 3.84. The van der Waals surface area contributed by atoms with E-state index in [4.69, 9.17) is 0 Å². The van der Waals surface area contributed by atoms with E-state index in [1.807, 2.05) is 39.0 Å². The SMILES string of the molecule is C=C/C=C(\C=C/C)C(c1ccc(C(/C=C\C)=C/C)cc1)c1cccc(Nc2cc3c(cc2C(=C)/C=C\C=C/C)C(C)(C)c2ccccc2-3)c1.CC.NN. The van der Waals surface area contributed by atoms with Crippen LogP contribution < -0.4 is 17.0 Å². The summed E-state index contributed by atoms with van der Waals surface area (Å²) in [5.74, 6) is 8.02. The van der Waals surface area contributed by atoms with Crippen LogP contribution in [-0.4, -0.2) is 0 Å². The molecule has 5 rings (SSSR count). The van der Waals surface area contributed by atoms with Gasteiger partial charge in [0, 0.05) is 28.3 Å². The van der Waals surface area contributed by atoms with Crippen molar-refractivity contribution >= 4 is 22.5 Å². The molecule has 0 bridgehead atoms. The minimum absolute atomic E-state index is 0.0201. The monoisotopic (exact) mass is 701 g/mol. The Morgan fingerprint density at radius 2 is 1.42 bits per heavy atom. The summed E-state index contributed by atoms with van der Waals surface area (Å²) >= 11 is 0. The number of nitrogens with two attached hydrogens (primary N) is 2. The molecule has 5 N–H and O–H groups in total. The van der Waals surface area contributed by atoms with E-state index in [2.05, 4.69) is 198 Å². The molecule has 53 heavy (non-hydrogen) atoms. The Balaban J connectivity index is 0.00000183. The predicted octanol–water partition coefficient (Wildman–Crippen LogP) is 13.5. The van der Waals surface area contributed by atoms with Crippen molar-refractivity contribution in [2.45, 2.75) is 66.7 Å². The second-order valence-electron chi connectivity index (χ2n) is 13.0. The number of hydrogen-bond donors (Lipinski definition) is 3. The highest BCUT2D eigenvalue weighted by Gasteiger charge is 2.36. The van der Waals surface area contributed by atoms with E-state index in [1.54, 1.807) is 0 Å². The Labute approximate surface area is 320 Å². The van der Waals surface area contributed by atoms with Gasteiger partial charge in [0.2, 0.25) is 0 Å². The molecule has 1 atom stereocenters. The first-order chi connectivity index (χ1) is 25.8. The van der Waals surface area contributed by atoms with Gasteiger partial charge in [-0.2, -0.15) is 0 Å². The molecule has 1 aliphatic carbocycles. The zero-order valence-corrected chi connectivity index (χ0v) is 33.1. The third-order valence-electron chi connectivity index (χ3n) is 9.40. The maximum absolute atomic E-state index is 4.51. The zero-order chi connectivity index (χ0) is 39.0. The molecule has 3 nitrogen and oxygen atoms in total. The van der Waals surface area contributed by atoms with Crippen LogP contribution in [0.4, 0.5) is 11.4 Å². The summed E-state index contributed by atoms with van der Waals surface area (Å²) in [6, 6.07) is 31.2. The van der Waals surface area contributed by atoms with Gasteiger partial charge in [0.05, 0.1) is 0 Å². The number of hydrazine groups is 1. The van der Waals surface area contributed by atoms with Crippen molar-refractivity contribution in [3.05, 3.63) is 204 Å². The molecule has 0 radical (unpaired) electrons. The second-order valence-corrected chi connectivity index (χ2v) is 13.0. The molecule has 0 saturated carbocycles. The molecule has 0 aromatic heterocycles. The number of benzene rings is 4.